The van der Waals surface area contributed by atoms with Gasteiger partial charge < -0.3 is 0 Å². The van der Waals surface area contributed by atoms with Gasteiger partial charge in [-0.3, -0.25) is 14.4 Å². The van der Waals surface area contributed by atoms with Crippen molar-refractivity contribution in [3.63, 3.8) is 0 Å². The van der Waals surface area contributed by atoms with E-state index in [2.05, 4.69) is 4.72 Å². The number of nitrogens with zero attached hydrogens (tertiary/aromatic N) is 1. The van der Waals surface area contributed by atoms with Crippen LogP contribution in [0.25, 0.3) is 10.8 Å². The number of amides is 1. The topological polar surface area (TPSA) is 66.5 Å². The first-order valence-electron chi connectivity index (χ1n) is 10.2. The highest BCUT2D eigenvalue weighted by atomic mass is 32.2. The molecule has 1 atom stereocenters. The van der Waals surface area contributed by atoms with Crippen LogP contribution in [0.1, 0.15) is 10.9 Å². The van der Waals surface area contributed by atoms with Gasteiger partial charge in [0.15, 0.2) is 0 Å². The monoisotopic (exact) mass is 478 g/mol. The van der Waals surface area contributed by atoms with Gasteiger partial charge in [0.05, 0.1) is 10.6 Å². The highest BCUT2D eigenvalue weighted by molar-refractivity contribution is 8.00. The number of carbonyl (C=O) groups is 1. The Morgan fingerprint density at radius 3 is 2.42 bits per heavy atom. The molecule has 5 nitrogen and oxygen atoms in total. The van der Waals surface area contributed by atoms with Crippen LogP contribution in [-0.2, 0) is 14.8 Å². The van der Waals surface area contributed by atoms with Crippen LogP contribution in [-0.4, -0.2) is 20.1 Å². The molecule has 8 heteroatoms. The van der Waals surface area contributed by atoms with Crippen LogP contribution >= 0.6 is 11.8 Å². The molecule has 4 aromatic carbocycles. The summed E-state index contributed by atoms with van der Waals surface area (Å²) in [6.07, 6.45) is 0. The predicted octanol–water partition coefficient (Wildman–Crippen LogP) is 5.56. The Morgan fingerprint density at radius 1 is 0.879 bits per heavy atom. The number of benzene rings is 4. The highest BCUT2D eigenvalue weighted by Gasteiger charge is 2.34. The molecule has 33 heavy (non-hydrogen) atoms. The summed E-state index contributed by atoms with van der Waals surface area (Å²) < 4.78 is 42.1. The Labute approximate surface area is 195 Å². The van der Waals surface area contributed by atoms with Gasteiger partial charge >= 0.3 is 0 Å². The largest absolute Gasteiger partial charge is 0.295 e. The lowest BCUT2D eigenvalue weighted by Gasteiger charge is -2.24. The number of hydrogen-bond acceptors (Lipinski definition) is 4. The Hall–Kier alpha value is -3.36. The molecule has 0 bridgehead atoms. The predicted molar refractivity (Wildman–Crippen MR) is 130 cm³/mol. The summed E-state index contributed by atoms with van der Waals surface area (Å²) in [5.74, 6) is -0.173. The van der Waals surface area contributed by atoms with Crippen molar-refractivity contribution in [1.82, 2.24) is 0 Å². The number of halogens is 1. The molecule has 1 saturated heterocycles. The fourth-order valence-electron chi connectivity index (χ4n) is 3.86. The molecule has 4 aromatic rings. The van der Waals surface area contributed by atoms with E-state index in [-0.39, 0.29) is 27.7 Å². The summed E-state index contributed by atoms with van der Waals surface area (Å²) in [7, 11) is -3.81. The molecule has 1 heterocycles. The standard InChI is InChI=1S/C25H19FN2O3S2/c26-20-9-11-22(12-10-20)28-24(29)16-32-25(28)19-6-3-7-21(14-19)27-33(30,31)23-13-8-17-4-1-2-5-18(17)15-23/h1-15,25,27H,16H2/t25-/m0/s1. The zero-order valence-corrected chi connectivity index (χ0v) is 18.9. The first-order valence-corrected chi connectivity index (χ1v) is 12.7. The zero-order valence-electron chi connectivity index (χ0n) is 17.3. The molecule has 0 aliphatic carbocycles. The van der Waals surface area contributed by atoms with E-state index in [9.17, 15) is 17.6 Å². The Balaban J connectivity index is 1.43. The third-order valence-corrected chi connectivity index (χ3v) is 8.02. The molecule has 0 saturated carbocycles. The number of sulfonamides is 1. The summed E-state index contributed by atoms with van der Waals surface area (Å²) in [4.78, 5) is 14.3. The van der Waals surface area contributed by atoms with Gasteiger partial charge in [0.25, 0.3) is 10.0 Å². The van der Waals surface area contributed by atoms with Crippen molar-refractivity contribution in [2.24, 2.45) is 0 Å². The summed E-state index contributed by atoms with van der Waals surface area (Å²) in [6.45, 7) is 0. The molecule has 5 rings (SSSR count). The van der Waals surface area contributed by atoms with Crippen molar-refractivity contribution in [3.05, 3.63) is 102 Å². The fourth-order valence-corrected chi connectivity index (χ4v) is 6.11. The highest BCUT2D eigenvalue weighted by Crippen LogP contribution is 2.42. The molecule has 0 aromatic heterocycles. The van der Waals surface area contributed by atoms with Crippen LogP contribution in [0.5, 0.6) is 0 Å². The average molecular weight is 479 g/mol. The van der Waals surface area contributed by atoms with Crippen molar-refractivity contribution in [1.29, 1.82) is 0 Å². The van der Waals surface area contributed by atoms with Gasteiger partial charge in [0, 0.05) is 11.4 Å². The minimum absolute atomic E-state index is 0.0845. The molecule has 166 valence electrons. The lowest BCUT2D eigenvalue weighted by atomic mass is 10.1. The zero-order chi connectivity index (χ0) is 23.0. The van der Waals surface area contributed by atoms with Crippen molar-refractivity contribution in [3.8, 4) is 0 Å². The minimum Gasteiger partial charge on any atom is -0.295 e. The summed E-state index contributed by atoms with van der Waals surface area (Å²) in [5, 5.41) is 1.46. The maximum Gasteiger partial charge on any atom is 0.261 e. The number of anilines is 2. The second-order valence-electron chi connectivity index (χ2n) is 7.64. The second kappa shape index (κ2) is 8.53. The van der Waals surface area contributed by atoms with Crippen LogP contribution in [0.15, 0.2) is 95.9 Å². The Bertz CT molecular complexity index is 1460. The molecular weight excluding hydrogens is 459 g/mol. The van der Waals surface area contributed by atoms with Gasteiger partial charge in [-0.1, -0.05) is 42.5 Å². The smallest absolute Gasteiger partial charge is 0.261 e. The lowest BCUT2D eigenvalue weighted by molar-refractivity contribution is -0.115. The number of hydrogen-bond donors (Lipinski definition) is 1. The lowest BCUT2D eigenvalue weighted by Crippen LogP contribution is -2.27. The van der Waals surface area contributed by atoms with Crippen LogP contribution in [0, 0.1) is 5.82 Å². The molecule has 0 unspecified atom stereocenters. The molecule has 0 radical (unpaired) electrons. The third-order valence-electron chi connectivity index (χ3n) is 5.43. The van der Waals surface area contributed by atoms with Crippen LogP contribution in [0.2, 0.25) is 0 Å². The van der Waals surface area contributed by atoms with Gasteiger partial charge in [-0.05, 0) is 64.9 Å². The third kappa shape index (κ3) is 4.31. The number of thioether (sulfide) groups is 1. The average Bonchev–Trinajstić information content (AvgIpc) is 3.20. The molecular formula is C25H19FN2O3S2. The first kappa shape index (κ1) is 21.5. The van der Waals surface area contributed by atoms with Gasteiger partial charge in [-0.15, -0.1) is 11.8 Å². The second-order valence-corrected chi connectivity index (χ2v) is 10.4. The van der Waals surface area contributed by atoms with Gasteiger partial charge in [-0.25, -0.2) is 12.8 Å². The van der Waals surface area contributed by atoms with E-state index < -0.39 is 10.0 Å². The van der Waals surface area contributed by atoms with Gasteiger partial charge in [-0.2, -0.15) is 0 Å². The van der Waals surface area contributed by atoms with Crippen molar-refractivity contribution in [2.45, 2.75) is 10.3 Å². The van der Waals surface area contributed by atoms with E-state index in [1.165, 1.54) is 23.9 Å². The first-order chi connectivity index (χ1) is 15.9. The van der Waals surface area contributed by atoms with Crippen LogP contribution in [0.3, 0.4) is 0 Å². The normalized spacial score (nSPS) is 16.3. The van der Waals surface area contributed by atoms with E-state index in [1.807, 2.05) is 30.3 Å². The van der Waals surface area contributed by atoms with E-state index in [0.29, 0.717) is 11.4 Å². The van der Waals surface area contributed by atoms with E-state index in [4.69, 9.17) is 0 Å². The van der Waals surface area contributed by atoms with Crippen molar-refractivity contribution >= 4 is 49.8 Å². The molecule has 0 spiro atoms. The molecule has 1 fully saturated rings. The summed E-state index contributed by atoms with van der Waals surface area (Å²) in [5.41, 5.74) is 1.77. The summed E-state index contributed by atoms with van der Waals surface area (Å²) >= 11 is 1.44. The van der Waals surface area contributed by atoms with Crippen LogP contribution in [0.4, 0.5) is 15.8 Å². The molecule has 1 aliphatic rings. The fraction of sp³-hybridized carbons (Fsp3) is 0.0800. The number of fused-ring (bicyclic) bond motifs is 1. The molecule has 1 N–H and O–H groups in total. The summed E-state index contributed by atoms with van der Waals surface area (Å²) in [6, 6.07) is 25.3. The number of carbonyl (C=O) groups excluding carboxylic acids is 1. The molecule has 1 amide bonds. The Morgan fingerprint density at radius 2 is 1.64 bits per heavy atom. The Kier molecular flexibility index (Phi) is 5.55. The van der Waals surface area contributed by atoms with Crippen molar-refractivity contribution < 1.29 is 17.6 Å². The SMILES string of the molecule is O=C1CS[C@@H](c2cccc(NS(=O)(=O)c3ccc4ccccc4c3)c2)N1c1ccc(F)cc1. The molecule has 1 aliphatic heterocycles. The van der Waals surface area contributed by atoms with Gasteiger partial charge in [0.1, 0.15) is 11.2 Å². The quantitative estimate of drug-likeness (QED) is 0.408. The van der Waals surface area contributed by atoms with Gasteiger partial charge in [0.2, 0.25) is 5.91 Å². The maximum absolute atomic E-state index is 13.4. The van der Waals surface area contributed by atoms with Crippen molar-refractivity contribution in [2.75, 3.05) is 15.4 Å². The minimum atomic E-state index is -3.81. The van der Waals surface area contributed by atoms with E-state index >= 15 is 0 Å². The van der Waals surface area contributed by atoms with E-state index in [1.54, 1.807) is 53.4 Å². The van der Waals surface area contributed by atoms with E-state index in [0.717, 1.165) is 16.3 Å². The maximum atomic E-state index is 13.4. The number of rotatable bonds is 5. The van der Waals surface area contributed by atoms with Crippen LogP contribution < -0.4 is 9.62 Å². The number of nitrogens with one attached hydrogen (secondary N) is 1.